The zero-order chi connectivity index (χ0) is 23.4. The summed E-state index contributed by atoms with van der Waals surface area (Å²) in [6.45, 7) is 7.78. The zero-order valence-corrected chi connectivity index (χ0v) is 18.8. The molecule has 9 nitrogen and oxygen atoms in total. The van der Waals surface area contributed by atoms with Gasteiger partial charge in [-0.05, 0) is 44.4 Å². The van der Waals surface area contributed by atoms with Gasteiger partial charge < -0.3 is 14.8 Å². The van der Waals surface area contributed by atoms with Crippen LogP contribution in [0.1, 0.15) is 56.6 Å². The number of benzene rings is 1. The Morgan fingerprint density at radius 2 is 2.03 bits per heavy atom. The number of ether oxygens (including phenoxy) is 1. The number of carboxylic acids is 1. The predicted molar refractivity (Wildman–Crippen MR) is 120 cm³/mol. The maximum Gasteiger partial charge on any atom is 0.306 e. The van der Waals surface area contributed by atoms with E-state index in [0.29, 0.717) is 65.4 Å². The Morgan fingerprint density at radius 1 is 1.28 bits per heavy atom. The van der Waals surface area contributed by atoms with Gasteiger partial charge in [-0.2, -0.15) is 5.10 Å². The highest BCUT2D eigenvalue weighted by atomic mass is 16.5. The maximum atomic E-state index is 13.1. The number of aromatic nitrogens is 4. The number of rotatable bonds is 10. The van der Waals surface area contributed by atoms with E-state index in [1.807, 2.05) is 13.8 Å². The number of ketones is 1. The average molecular weight is 441 g/mol. The number of Topliss-reactive ketones (excluding diaryl/α,β-unsaturated/α-hetero) is 1. The topological polar surface area (TPSA) is 127 Å². The Balaban J connectivity index is 2.14. The number of H-pyrrole nitrogens is 1. The second kappa shape index (κ2) is 9.76. The predicted octanol–water partition coefficient (Wildman–Crippen LogP) is 3.45. The summed E-state index contributed by atoms with van der Waals surface area (Å²) in [5.74, 6) is -0.731. The second-order valence-corrected chi connectivity index (χ2v) is 7.78. The van der Waals surface area contributed by atoms with E-state index >= 15 is 0 Å². The highest BCUT2D eigenvalue weighted by Crippen LogP contribution is 2.30. The van der Waals surface area contributed by atoms with E-state index in [2.05, 4.69) is 15.1 Å². The monoisotopic (exact) mass is 440 g/mol. The van der Waals surface area contributed by atoms with Gasteiger partial charge in [0.15, 0.2) is 11.3 Å². The SMILES string of the molecule is CCCOc1ccc(C(C)=O)cc1-c1nc2c(CC)nn(CCC(C)C(=O)O)c2c(=O)[nH]1. The van der Waals surface area contributed by atoms with Crippen molar-refractivity contribution in [2.24, 2.45) is 5.92 Å². The molecule has 0 aliphatic rings. The van der Waals surface area contributed by atoms with Crippen molar-refractivity contribution in [3.63, 3.8) is 0 Å². The van der Waals surface area contributed by atoms with Crippen LogP contribution in [0.25, 0.3) is 22.4 Å². The fourth-order valence-corrected chi connectivity index (χ4v) is 3.39. The first-order chi connectivity index (χ1) is 15.3. The lowest BCUT2D eigenvalue weighted by Gasteiger charge is -2.12. The van der Waals surface area contributed by atoms with Crippen molar-refractivity contribution in [3.05, 3.63) is 39.8 Å². The van der Waals surface area contributed by atoms with Crippen molar-refractivity contribution in [1.82, 2.24) is 19.7 Å². The molecular formula is C23H28N4O5. The number of aryl methyl sites for hydroxylation is 2. The summed E-state index contributed by atoms with van der Waals surface area (Å²) >= 11 is 0. The number of aliphatic carboxylic acids is 1. The lowest BCUT2D eigenvalue weighted by atomic mass is 10.1. The van der Waals surface area contributed by atoms with Crippen molar-refractivity contribution in [2.45, 2.75) is 53.5 Å². The van der Waals surface area contributed by atoms with Crippen molar-refractivity contribution in [3.8, 4) is 17.1 Å². The minimum absolute atomic E-state index is 0.105. The fourth-order valence-electron chi connectivity index (χ4n) is 3.39. The molecule has 0 fully saturated rings. The summed E-state index contributed by atoms with van der Waals surface area (Å²) in [7, 11) is 0. The molecule has 0 spiro atoms. The number of hydrogen-bond acceptors (Lipinski definition) is 6. The summed E-state index contributed by atoms with van der Waals surface area (Å²) in [6, 6.07) is 5.07. The van der Waals surface area contributed by atoms with Crippen molar-refractivity contribution in [1.29, 1.82) is 0 Å². The standard InChI is InChI=1S/C23H28N4O5/c1-5-11-32-18-8-7-15(14(4)28)12-16(18)21-24-19-17(6-2)26-27(20(19)22(29)25-21)10-9-13(3)23(30)31/h7-8,12-13H,5-6,9-11H2,1-4H3,(H,30,31)(H,24,25,29). The van der Waals surface area contributed by atoms with Gasteiger partial charge in [0.2, 0.25) is 0 Å². The van der Waals surface area contributed by atoms with Crippen molar-refractivity contribution >= 4 is 22.8 Å². The van der Waals surface area contributed by atoms with E-state index in [1.54, 1.807) is 25.1 Å². The highest BCUT2D eigenvalue weighted by molar-refractivity contribution is 5.95. The van der Waals surface area contributed by atoms with Gasteiger partial charge in [-0.15, -0.1) is 0 Å². The third-order valence-electron chi connectivity index (χ3n) is 5.30. The van der Waals surface area contributed by atoms with Crippen molar-refractivity contribution < 1.29 is 19.4 Å². The first kappa shape index (κ1) is 23.2. The van der Waals surface area contributed by atoms with E-state index in [9.17, 15) is 14.4 Å². The summed E-state index contributed by atoms with van der Waals surface area (Å²) in [5.41, 5.74) is 2.05. The van der Waals surface area contributed by atoms with E-state index < -0.39 is 11.9 Å². The molecule has 3 rings (SSSR count). The molecule has 3 aromatic rings. The van der Waals surface area contributed by atoms with Crippen LogP contribution >= 0.6 is 0 Å². The molecule has 2 N–H and O–H groups in total. The molecule has 0 bridgehead atoms. The van der Waals surface area contributed by atoms with E-state index in [4.69, 9.17) is 9.84 Å². The lowest BCUT2D eigenvalue weighted by molar-refractivity contribution is -0.141. The number of hydrogen-bond donors (Lipinski definition) is 2. The van der Waals surface area contributed by atoms with E-state index in [1.165, 1.54) is 11.6 Å². The van der Waals surface area contributed by atoms with Crippen LogP contribution < -0.4 is 10.3 Å². The average Bonchev–Trinajstić information content (AvgIpc) is 3.13. The first-order valence-electron chi connectivity index (χ1n) is 10.8. The number of nitrogens with zero attached hydrogens (tertiary/aromatic N) is 3. The summed E-state index contributed by atoms with van der Waals surface area (Å²) in [6.07, 6.45) is 1.70. The number of carboxylic acid groups (broad SMARTS) is 1. The van der Waals surface area contributed by atoms with Gasteiger partial charge in [0.1, 0.15) is 17.1 Å². The molecular weight excluding hydrogens is 412 g/mol. The largest absolute Gasteiger partial charge is 0.493 e. The molecule has 0 saturated heterocycles. The highest BCUT2D eigenvalue weighted by Gasteiger charge is 2.20. The minimum Gasteiger partial charge on any atom is -0.493 e. The van der Waals surface area contributed by atoms with Crippen LogP contribution in [0.15, 0.2) is 23.0 Å². The van der Waals surface area contributed by atoms with Gasteiger partial charge in [-0.1, -0.05) is 20.8 Å². The quantitative estimate of drug-likeness (QED) is 0.462. The summed E-state index contributed by atoms with van der Waals surface area (Å²) in [4.78, 5) is 43.6. The molecule has 1 atom stereocenters. The number of aromatic amines is 1. The van der Waals surface area contributed by atoms with Gasteiger partial charge in [-0.25, -0.2) is 4.98 Å². The molecule has 1 unspecified atom stereocenters. The van der Waals surface area contributed by atoms with Crippen molar-refractivity contribution in [2.75, 3.05) is 6.61 Å². The molecule has 2 heterocycles. The number of fused-ring (bicyclic) bond motifs is 1. The molecule has 9 heteroatoms. The molecule has 0 amide bonds. The number of carbonyl (C=O) groups is 2. The van der Waals surface area contributed by atoms with Crippen LogP contribution in [0.4, 0.5) is 0 Å². The third-order valence-corrected chi connectivity index (χ3v) is 5.30. The molecule has 32 heavy (non-hydrogen) atoms. The van der Waals surface area contributed by atoms with Crippen LogP contribution in [0.2, 0.25) is 0 Å². The second-order valence-electron chi connectivity index (χ2n) is 7.78. The number of nitrogens with one attached hydrogen (secondary N) is 1. The summed E-state index contributed by atoms with van der Waals surface area (Å²) < 4.78 is 7.36. The lowest BCUT2D eigenvalue weighted by Crippen LogP contribution is -2.17. The van der Waals surface area contributed by atoms with Crippen LogP contribution in [-0.2, 0) is 17.8 Å². The molecule has 2 aromatic heterocycles. The number of carbonyl (C=O) groups excluding carboxylic acids is 1. The zero-order valence-electron chi connectivity index (χ0n) is 18.8. The van der Waals surface area contributed by atoms with Gasteiger partial charge in [0, 0.05) is 12.1 Å². The van der Waals surface area contributed by atoms with Crippen LogP contribution in [0, 0.1) is 5.92 Å². The fraction of sp³-hybridized carbons (Fsp3) is 0.435. The van der Waals surface area contributed by atoms with Gasteiger partial charge in [0.05, 0.1) is 23.8 Å². The summed E-state index contributed by atoms with van der Waals surface area (Å²) in [5, 5.41) is 13.7. The van der Waals surface area contributed by atoms with Crippen LogP contribution in [-0.4, -0.2) is 43.2 Å². The molecule has 0 aliphatic heterocycles. The Bertz CT molecular complexity index is 1210. The first-order valence-corrected chi connectivity index (χ1v) is 10.8. The molecule has 0 aliphatic carbocycles. The molecule has 1 aromatic carbocycles. The Morgan fingerprint density at radius 3 is 2.66 bits per heavy atom. The van der Waals surface area contributed by atoms with Crippen LogP contribution in [0.5, 0.6) is 5.75 Å². The normalized spacial score (nSPS) is 12.1. The van der Waals surface area contributed by atoms with Gasteiger partial charge in [-0.3, -0.25) is 19.1 Å². The maximum absolute atomic E-state index is 13.1. The Labute approximate surface area is 185 Å². The van der Waals surface area contributed by atoms with E-state index in [-0.39, 0.29) is 11.3 Å². The van der Waals surface area contributed by atoms with Gasteiger partial charge in [0.25, 0.3) is 5.56 Å². The molecule has 0 saturated carbocycles. The molecule has 0 radical (unpaired) electrons. The molecule has 170 valence electrons. The van der Waals surface area contributed by atoms with Gasteiger partial charge >= 0.3 is 5.97 Å². The van der Waals surface area contributed by atoms with Crippen LogP contribution in [0.3, 0.4) is 0 Å². The third kappa shape index (κ3) is 4.71. The Kier molecular flexibility index (Phi) is 7.07. The smallest absolute Gasteiger partial charge is 0.306 e. The van der Waals surface area contributed by atoms with E-state index in [0.717, 1.165) is 6.42 Å². The minimum atomic E-state index is -0.892. The Hall–Kier alpha value is -3.49.